The summed E-state index contributed by atoms with van der Waals surface area (Å²) in [6.07, 6.45) is -0.553. The molecule has 4 nitrogen and oxygen atoms in total. The van der Waals surface area contributed by atoms with Crippen molar-refractivity contribution in [1.82, 2.24) is 0 Å². The van der Waals surface area contributed by atoms with Crippen LogP contribution in [0.3, 0.4) is 0 Å². The maximum absolute atomic E-state index is 8.74. The van der Waals surface area contributed by atoms with Crippen LogP contribution in [0.25, 0.3) is 0 Å². The fraction of sp³-hybridized carbons (Fsp3) is 1.00. The maximum Gasteiger partial charge on any atom is 0.104 e. The van der Waals surface area contributed by atoms with Crippen molar-refractivity contribution < 1.29 is 15.1 Å². The van der Waals surface area contributed by atoms with Gasteiger partial charge in [0.25, 0.3) is 0 Å². The Hall–Kier alpha value is -0.160. The predicted molar refractivity (Wildman–Crippen MR) is 32.4 cm³/mol. The van der Waals surface area contributed by atoms with Crippen LogP contribution >= 0.6 is 0 Å². The van der Waals surface area contributed by atoms with Gasteiger partial charge in [0.2, 0.25) is 0 Å². The molecule has 0 aromatic heterocycles. The van der Waals surface area contributed by atoms with Crippen LogP contribution in [0.4, 0.5) is 0 Å². The Labute approximate surface area is 54.2 Å². The van der Waals surface area contributed by atoms with E-state index in [0.717, 1.165) is 0 Å². The molecule has 0 rings (SSSR count). The Morgan fingerprint density at radius 1 is 1.67 bits per heavy atom. The quantitative estimate of drug-likeness (QED) is 0.432. The summed E-state index contributed by atoms with van der Waals surface area (Å²) in [6, 6.07) is 0. The number of aliphatic hydroxyl groups excluding tert-OH is 2. The highest BCUT2D eigenvalue weighted by molar-refractivity contribution is 4.58. The van der Waals surface area contributed by atoms with Gasteiger partial charge in [-0.1, -0.05) is 0 Å². The van der Waals surface area contributed by atoms with Gasteiger partial charge in [-0.15, -0.1) is 0 Å². The van der Waals surface area contributed by atoms with Gasteiger partial charge in [-0.05, 0) is 6.92 Å². The van der Waals surface area contributed by atoms with Crippen LogP contribution < -0.4 is 5.90 Å². The van der Waals surface area contributed by atoms with Gasteiger partial charge in [0.05, 0.1) is 12.7 Å². The second-order valence-corrected chi connectivity index (χ2v) is 2.03. The predicted octanol–water partition coefficient (Wildman–Crippen LogP) is -0.992. The Kier molecular flexibility index (Phi) is 4.61. The van der Waals surface area contributed by atoms with E-state index in [2.05, 4.69) is 4.84 Å². The van der Waals surface area contributed by atoms with E-state index in [0.29, 0.717) is 6.42 Å². The molecule has 0 amide bonds. The molecule has 0 aromatic carbocycles. The molecule has 0 bridgehead atoms. The van der Waals surface area contributed by atoms with E-state index in [1.807, 2.05) is 0 Å². The summed E-state index contributed by atoms with van der Waals surface area (Å²) in [7, 11) is 0. The van der Waals surface area contributed by atoms with Crippen molar-refractivity contribution in [2.75, 3.05) is 6.61 Å². The molecule has 0 fully saturated rings. The number of hydrogen-bond donors (Lipinski definition) is 3. The third kappa shape index (κ3) is 4.35. The molecular weight excluding hydrogens is 122 g/mol. The van der Waals surface area contributed by atoms with Gasteiger partial charge in [-0.3, -0.25) is 4.84 Å². The Balaban J connectivity index is 3.31. The van der Waals surface area contributed by atoms with E-state index in [9.17, 15) is 0 Å². The lowest BCUT2D eigenvalue weighted by Crippen LogP contribution is -2.25. The smallest absolute Gasteiger partial charge is 0.104 e. The van der Waals surface area contributed by atoms with E-state index in [1.165, 1.54) is 0 Å². The first-order valence-corrected chi connectivity index (χ1v) is 2.85. The summed E-state index contributed by atoms with van der Waals surface area (Å²) in [5.41, 5.74) is 0. The molecule has 0 heterocycles. The molecule has 0 saturated heterocycles. The Morgan fingerprint density at radius 2 is 2.22 bits per heavy atom. The lowest BCUT2D eigenvalue weighted by molar-refractivity contribution is -0.0154. The molecule has 0 aliphatic rings. The van der Waals surface area contributed by atoms with Crippen LogP contribution in [0.5, 0.6) is 0 Å². The summed E-state index contributed by atoms with van der Waals surface area (Å²) < 4.78 is 0. The zero-order valence-corrected chi connectivity index (χ0v) is 5.45. The number of nitrogens with two attached hydrogens (primary N) is 1. The fourth-order valence-corrected chi connectivity index (χ4v) is 0.554. The van der Waals surface area contributed by atoms with Gasteiger partial charge in [0.15, 0.2) is 0 Å². The fourth-order valence-electron chi connectivity index (χ4n) is 0.554. The van der Waals surface area contributed by atoms with Crippen molar-refractivity contribution in [3.05, 3.63) is 0 Å². The summed E-state index contributed by atoms with van der Waals surface area (Å²) in [5, 5.41) is 17.2. The average Bonchev–Trinajstić information content (AvgIpc) is 1.82. The molecule has 0 aliphatic carbocycles. The van der Waals surface area contributed by atoms with Gasteiger partial charge in [0.1, 0.15) is 6.10 Å². The summed E-state index contributed by atoms with van der Waals surface area (Å²) in [5.74, 6) is 4.76. The SMILES string of the molecule is CC(O)CC(CO)ON. The number of hydrogen-bond acceptors (Lipinski definition) is 4. The van der Waals surface area contributed by atoms with E-state index in [-0.39, 0.29) is 6.61 Å². The van der Waals surface area contributed by atoms with Crippen LogP contribution in [0, 0.1) is 0 Å². The lowest BCUT2D eigenvalue weighted by atomic mass is 10.2. The van der Waals surface area contributed by atoms with Gasteiger partial charge in [-0.2, -0.15) is 0 Å². The summed E-state index contributed by atoms with van der Waals surface area (Å²) >= 11 is 0. The largest absolute Gasteiger partial charge is 0.394 e. The molecule has 2 unspecified atom stereocenters. The third-order valence-corrected chi connectivity index (χ3v) is 1.00. The van der Waals surface area contributed by atoms with Gasteiger partial charge < -0.3 is 10.2 Å². The molecule has 4 heteroatoms. The van der Waals surface area contributed by atoms with Crippen LogP contribution in [-0.4, -0.2) is 29.0 Å². The van der Waals surface area contributed by atoms with Crippen LogP contribution in [0.15, 0.2) is 0 Å². The maximum atomic E-state index is 8.74. The van der Waals surface area contributed by atoms with Gasteiger partial charge >= 0.3 is 0 Å². The summed E-state index contributed by atoms with van der Waals surface area (Å²) in [6.45, 7) is 1.46. The molecule has 0 saturated carbocycles. The van der Waals surface area contributed by atoms with E-state index >= 15 is 0 Å². The van der Waals surface area contributed by atoms with Crippen molar-refractivity contribution in [2.45, 2.75) is 25.6 Å². The molecule has 9 heavy (non-hydrogen) atoms. The van der Waals surface area contributed by atoms with Crippen molar-refractivity contribution in [2.24, 2.45) is 5.90 Å². The highest BCUT2D eigenvalue weighted by Gasteiger charge is 2.08. The highest BCUT2D eigenvalue weighted by Crippen LogP contribution is 1.98. The lowest BCUT2D eigenvalue weighted by Gasteiger charge is -2.11. The van der Waals surface area contributed by atoms with Crippen molar-refractivity contribution in [3.63, 3.8) is 0 Å². The number of rotatable bonds is 4. The molecule has 2 atom stereocenters. The highest BCUT2D eigenvalue weighted by atomic mass is 16.6. The standard InChI is InChI=1S/C5H13NO3/c1-4(8)2-5(3-7)9-6/h4-5,7-8H,2-3,6H2,1H3. The minimum absolute atomic E-state index is 0.151. The van der Waals surface area contributed by atoms with Crippen LogP contribution in [-0.2, 0) is 4.84 Å². The molecule has 0 radical (unpaired) electrons. The zero-order chi connectivity index (χ0) is 7.28. The van der Waals surface area contributed by atoms with Crippen LogP contribution in [0.1, 0.15) is 13.3 Å². The summed E-state index contributed by atoms with van der Waals surface area (Å²) in [4.78, 5) is 4.30. The van der Waals surface area contributed by atoms with Crippen molar-refractivity contribution >= 4 is 0 Å². The topological polar surface area (TPSA) is 75.7 Å². The van der Waals surface area contributed by atoms with Crippen molar-refractivity contribution in [1.29, 1.82) is 0 Å². The minimum atomic E-state index is -0.481. The number of aliphatic hydroxyl groups is 2. The minimum Gasteiger partial charge on any atom is -0.394 e. The van der Waals surface area contributed by atoms with E-state index < -0.39 is 12.2 Å². The molecule has 0 aromatic rings. The first kappa shape index (κ1) is 8.84. The molecular formula is C5H13NO3. The molecule has 0 aliphatic heterocycles. The van der Waals surface area contributed by atoms with Gasteiger partial charge in [-0.25, -0.2) is 5.90 Å². The zero-order valence-electron chi connectivity index (χ0n) is 5.45. The molecule has 4 N–H and O–H groups in total. The monoisotopic (exact) mass is 135 g/mol. The second kappa shape index (κ2) is 4.69. The van der Waals surface area contributed by atoms with Crippen LogP contribution in [0.2, 0.25) is 0 Å². The Bertz CT molecular complexity index is 63.2. The van der Waals surface area contributed by atoms with E-state index in [1.54, 1.807) is 6.92 Å². The second-order valence-electron chi connectivity index (χ2n) is 2.03. The molecule has 56 valence electrons. The first-order valence-electron chi connectivity index (χ1n) is 2.85. The normalized spacial score (nSPS) is 17.3. The molecule has 0 spiro atoms. The van der Waals surface area contributed by atoms with E-state index in [4.69, 9.17) is 16.1 Å². The first-order chi connectivity index (χ1) is 4.20. The van der Waals surface area contributed by atoms with Crippen molar-refractivity contribution in [3.8, 4) is 0 Å². The average molecular weight is 135 g/mol. The van der Waals surface area contributed by atoms with Gasteiger partial charge in [0, 0.05) is 6.42 Å². The Morgan fingerprint density at radius 3 is 2.33 bits per heavy atom. The third-order valence-electron chi connectivity index (χ3n) is 1.00.